The average Bonchev–Trinajstić information content (AvgIpc) is 2.42. The first kappa shape index (κ1) is 15.2. The molecule has 0 spiro atoms. The lowest BCUT2D eigenvalue weighted by atomic mass is 10.1. The standard InChI is InChI=1S/C14H17N3O3S/c1-3-10-21(19,20)16-12-6-4-11(5-7-12)13-8-9-14(18)17(2)15-13/h4-9,16H,3,10H2,1-2H3. The van der Waals surface area contributed by atoms with E-state index in [9.17, 15) is 13.2 Å². The minimum absolute atomic E-state index is 0.0943. The molecule has 6 nitrogen and oxygen atoms in total. The molecular weight excluding hydrogens is 290 g/mol. The first-order chi connectivity index (χ1) is 9.91. The van der Waals surface area contributed by atoms with Gasteiger partial charge in [0.05, 0.1) is 11.4 Å². The van der Waals surface area contributed by atoms with Gasteiger partial charge in [0.1, 0.15) is 0 Å². The van der Waals surface area contributed by atoms with Crippen LogP contribution in [0.1, 0.15) is 13.3 Å². The zero-order valence-electron chi connectivity index (χ0n) is 11.9. The Bertz CT molecular complexity index is 780. The third kappa shape index (κ3) is 3.91. The molecule has 0 bridgehead atoms. The van der Waals surface area contributed by atoms with Gasteiger partial charge in [-0.1, -0.05) is 19.1 Å². The fourth-order valence-electron chi connectivity index (χ4n) is 1.86. The third-order valence-corrected chi connectivity index (χ3v) is 4.38. The van der Waals surface area contributed by atoms with Crippen LogP contribution in [0.4, 0.5) is 5.69 Å². The molecule has 2 aromatic rings. The van der Waals surface area contributed by atoms with Crippen molar-refractivity contribution in [2.45, 2.75) is 13.3 Å². The highest BCUT2D eigenvalue weighted by molar-refractivity contribution is 7.92. The van der Waals surface area contributed by atoms with Crippen LogP contribution in [0.3, 0.4) is 0 Å². The fourth-order valence-corrected chi connectivity index (χ4v) is 3.00. The number of hydrogen-bond acceptors (Lipinski definition) is 4. The van der Waals surface area contributed by atoms with Gasteiger partial charge < -0.3 is 0 Å². The Morgan fingerprint density at radius 2 is 1.81 bits per heavy atom. The number of nitrogens with zero attached hydrogens (tertiary/aromatic N) is 2. The summed E-state index contributed by atoms with van der Waals surface area (Å²) in [5.41, 5.74) is 1.80. The number of anilines is 1. The maximum absolute atomic E-state index is 11.7. The van der Waals surface area contributed by atoms with Gasteiger partial charge in [0, 0.05) is 24.4 Å². The van der Waals surface area contributed by atoms with Crippen molar-refractivity contribution >= 4 is 15.7 Å². The summed E-state index contributed by atoms with van der Waals surface area (Å²) in [5, 5.41) is 4.14. The Balaban J connectivity index is 2.23. The molecule has 0 saturated carbocycles. The Labute approximate surface area is 123 Å². The summed E-state index contributed by atoms with van der Waals surface area (Å²) in [4.78, 5) is 11.3. The number of benzene rings is 1. The molecule has 7 heteroatoms. The van der Waals surface area contributed by atoms with Crippen LogP contribution >= 0.6 is 0 Å². The monoisotopic (exact) mass is 307 g/mol. The second kappa shape index (κ2) is 6.09. The van der Waals surface area contributed by atoms with E-state index >= 15 is 0 Å². The van der Waals surface area contributed by atoms with Crippen LogP contribution in [0, 0.1) is 0 Å². The Hall–Kier alpha value is -2.15. The summed E-state index contributed by atoms with van der Waals surface area (Å²) in [7, 11) is -1.70. The van der Waals surface area contributed by atoms with Crippen LogP contribution in [0.5, 0.6) is 0 Å². The second-order valence-electron chi connectivity index (χ2n) is 4.68. The number of rotatable bonds is 5. The summed E-state index contributed by atoms with van der Waals surface area (Å²) >= 11 is 0. The molecule has 0 aliphatic heterocycles. The van der Waals surface area contributed by atoms with E-state index in [1.54, 1.807) is 37.4 Å². The zero-order valence-corrected chi connectivity index (χ0v) is 12.7. The van der Waals surface area contributed by atoms with Crippen molar-refractivity contribution in [3.8, 4) is 11.3 Å². The molecule has 0 fully saturated rings. The van der Waals surface area contributed by atoms with Crippen LogP contribution in [-0.4, -0.2) is 24.0 Å². The molecule has 1 aromatic carbocycles. The van der Waals surface area contributed by atoms with E-state index in [4.69, 9.17) is 0 Å². The summed E-state index contributed by atoms with van der Waals surface area (Å²) in [6, 6.07) is 9.96. The molecule has 0 aliphatic rings. The maximum atomic E-state index is 11.7. The number of aryl methyl sites for hydroxylation is 1. The lowest BCUT2D eigenvalue weighted by Crippen LogP contribution is -2.18. The van der Waals surface area contributed by atoms with Crippen molar-refractivity contribution < 1.29 is 8.42 Å². The molecule has 0 radical (unpaired) electrons. The maximum Gasteiger partial charge on any atom is 0.266 e. The first-order valence-electron chi connectivity index (χ1n) is 6.56. The molecule has 1 aromatic heterocycles. The molecular formula is C14H17N3O3S. The number of sulfonamides is 1. The van der Waals surface area contributed by atoms with Crippen LogP contribution in [0.15, 0.2) is 41.2 Å². The van der Waals surface area contributed by atoms with Crippen molar-refractivity contribution in [2.75, 3.05) is 10.5 Å². The van der Waals surface area contributed by atoms with Crippen molar-refractivity contribution in [2.24, 2.45) is 7.05 Å². The molecule has 0 unspecified atom stereocenters. The average molecular weight is 307 g/mol. The zero-order chi connectivity index (χ0) is 15.5. The molecule has 112 valence electrons. The normalized spacial score (nSPS) is 11.3. The lowest BCUT2D eigenvalue weighted by Gasteiger charge is -2.08. The van der Waals surface area contributed by atoms with Crippen molar-refractivity contribution in [1.82, 2.24) is 9.78 Å². The predicted molar refractivity (Wildman–Crippen MR) is 82.6 cm³/mol. The minimum atomic E-state index is -3.29. The van der Waals surface area contributed by atoms with Crippen LogP contribution in [0.25, 0.3) is 11.3 Å². The molecule has 1 N–H and O–H groups in total. The smallest absolute Gasteiger partial charge is 0.266 e. The van der Waals surface area contributed by atoms with Gasteiger partial charge in [-0.15, -0.1) is 0 Å². The van der Waals surface area contributed by atoms with Gasteiger partial charge in [-0.3, -0.25) is 9.52 Å². The van der Waals surface area contributed by atoms with Crippen LogP contribution in [0.2, 0.25) is 0 Å². The predicted octanol–water partition coefficient (Wildman–Crippen LogP) is 1.60. The van der Waals surface area contributed by atoms with E-state index in [0.717, 1.165) is 5.56 Å². The first-order valence-corrected chi connectivity index (χ1v) is 8.22. The van der Waals surface area contributed by atoms with Gasteiger partial charge in [0.15, 0.2) is 0 Å². The van der Waals surface area contributed by atoms with Crippen LogP contribution < -0.4 is 10.3 Å². The molecule has 0 aliphatic carbocycles. The molecule has 0 amide bonds. The summed E-state index contributed by atoms with van der Waals surface area (Å²) < 4.78 is 27.1. The van der Waals surface area contributed by atoms with Gasteiger partial charge >= 0.3 is 0 Å². The summed E-state index contributed by atoms with van der Waals surface area (Å²) in [6.45, 7) is 1.81. The highest BCUT2D eigenvalue weighted by Gasteiger charge is 2.09. The van der Waals surface area contributed by atoms with E-state index in [1.165, 1.54) is 10.7 Å². The highest BCUT2D eigenvalue weighted by Crippen LogP contribution is 2.19. The summed E-state index contributed by atoms with van der Waals surface area (Å²) in [6.07, 6.45) is 0.565. The molecule has 21 heavy (non-hydrogen) atoms. The van der Waals surface area contributed by atoms with E-state index in [-0.39, 0.29) is 11.3 Å². The highest BCUT2D eigenvalue weighted by atomic mass is 32.2. The molecule has 2 rings (SSSR count). The quantitative estimate of drug-likeness (QED) is 0.909. The van der Waals surface area contributed by atoms with Gasteiger partial charge in [0.2, 0.25) is 10.0 Å². The van der Waals surface area contributed by atoms with Crippen molar-refractivity contribution in [1.29, 1.82) is 0 Å². The van der Waals surface area contributed by atoms with E-state index in [1.807, 2.05) is 6.92 Å². The third-order valence-electron chi connectivity index (χ3n) is 2.89. The van der Waals surface area contributed by atoms with Crippen molar-refractivity contribution in [3.63, 3.8) is 0 Å². The Morgan fingerprint density at radius 1 is 1.14 bits per heavy atom. The van der Waals surface area contributed by atoms with Crippen molar-refractivity contribution in [3.05, 3.63) is 46.8 Å². The Kier molecular flexibility index (Phi) is 4.42. The van der Waals surface area contributed by atoms with E-state index in [2.05, 4.69) is 9.82 Å². The fraction of sp³-hybridized carbons (Fsp3) is 0.286. The topological polar surface area (TPSA) is 81.1 Å². The Morgan fingerprint density at radius 3 is 2.38 bits per heavy atom. The number of hydrogen-bond donors (Lipinski definition) is 1. The molecule has 0 atom stereocenters. The van der Waals surface area contributed by atoms with Gasteiger partial charge in [-0.25, -0.2) is 13.1 Å². The van der Waals surface area contributed by atoms with E-state index < -0.39 is 10.0 Å². The number of nitrogens with one attached hydrogen (secondary N) is 1. The number of aromatic nitrogens is 2. The van der Waals surface area contributed by atoms with Gasteiger partial charge in [-0.2, -0.15) is 5.10 Å². The van der Waals surface area contributed by atoms with Gasteiger partial charge in [-0.05, 0) is 24.6 Å². The van der Waals surface area contributed by atoms with E-state index in [0.29, 0.717) is 17.8 Å². The second-order valence-corrected chi connectivity index (χ2v) is 6.52. The SMILES string of the molecule is CCCS(=O)(=O)Nc1ccc(-c2ccc(=O)n(C)n2)cc1. The minimum Gasteiger partial charge on any atom is -0.284 e. The lowest BCUT2D eigenvalue weighted by molar-refractivity contribution is 0.600. The largest absolute Gasteiger partial charge is 0.284 e. The van der Waals surface area contributed by atoms with Gasteiger partial charge in [0.25, 0.3) is 5.56 Å². The molecule has 1 heterocycles. The van der Waals surface area contributed by atoms with Crippen LogP contribution in [-0.2, 0) is 17.1 Å². The molecule has 0 saturated heterocycles. The summed E-state index contributed by atoms with van der Waals surface area (Å²) in [5.74, 6) is 0.0943.